The molecule has 0 unspecified atom stereocenters. The van der Waals surface area contributed by atoms with Crippen LogP contribution in [0.4, 0.5) is 0 Å². The van der Waals surface area contributed by atoms with Gasteiger partial charge in [-0.2, -0.15) is 0 Å². The van der Waals surface area contributed by atoms with Crippen molar-refractivity contribution in [3.05, 3.63) is 12.2 Å². The molecule has 0 aliphatic carbocycles. The minimum absolute atomic E-state index is 0.111. The highest BCUT2D eigenvalue weighted by Gasteiger charge is 1.87. The molecule has 2 heteroatoms. The summed E-state index contributed by atoms with van der Waals surface area (Å²) in [5, 5.41) is 8.24. The van der Waals surface area contributed by atoms with Crippen LogP contribution in [0.25, 0.3) is 0 Å². The number of hydrogen-bond donors (Lipinski definition) is 1. The van der Waals surface area contributed by atoms with Crippen molar-refractivity contribution in [2.45, 2.75) is 26.2 Å². The van der Waals surface area contributed by atoms with Crippen LogP contribution < -0.4 is 0 Å². The van der Waals surface area contributed by atoms with E-state index >= 15 is 0 Å². The second-order valence-corrected chi connectivity index (χ2v) is 2.03. The molecule has 0 spiro atoms. The Morgan fingerprint density at radius 1 is 1.55 bits per heavy atom. The predicted molar refractivity (Wildman–Crippen MR) is 44.1 cm³/mol. The molecule has 0 heterocycles. The van der Waals surface area contributed by atoms with E-state index in [1.54, 1.807) is 13.0 Å². The van der Waals surface area contributed by atoms with Gasteiger partial charge in [-0.15, -0.1) is 11.8 Å². The monoisotopic (exact) mass is 152 g/mol. The van der Waals surface area contributed by atoms with Crippen molar-refractivity contribution in [1.29, 1.82) is 0 Å². The van der Waals surface area contributed by atoms with E-state index in [4.69, 9.17) is 5.11 Å². The zero-order valence-corrected chi connectivity index (χ0v) is 6.63. The number of carboxylic acid groups (broad SMARTS) is 1. The van der Waals surface area contributed by atoms with E-state index in [-0.39, 0.29) is 6.42 Å². The summed E-state index contributed by atoms with van der Waals surface area (Å²) in [5.41, 5.74) is 0. The van der Waals surface area contributed by atoms with Gasteiger partial charge >= 0.3 is 5.97 Å². The first-order valence-corrected chi connectivity index (χ1v) is 3.53. The third-order valence-electron chi connectivity index (χ3n) is 1.07. The van der Waals surface area contributed by atoms with Gasteiger partial charge in [0.05, 0.1) is 6.42 Å². The van der Waals surface area contributed by atoms with E-state index < -0.39 is 5.97 Å². The van der Waals surface area contributed by atoms with Crippen LogP contribution in [0.3, 0.4) is 0 Å². The molecular weight excluding hydrogens is 140 g/mol. The van der Waals surface area contributed by atoms with Crippen molar-refractivity contribution in [1.82, 2.24) is 0 Å². The van der Waals surface area contributed by atoms with Crippen molar-refractivity contribution >= 4 is 5.97 Å². The van der Waals surface area contributed by atoms with Gasteiger partial charge in [-0.05, 0) is 13.3 Å². The predicted octanol–water partition coefficient (Wildman–Crippen LogP) is 1.82. The Labute approximate surface area is 66.9 Å². The average molecular weight is 152 g/mol. The van der Waals surface area contributed by atoms with Crippen LogP contribution in [0.2, 0.25) is 0 Å². The SMILES string of the molecule is CC#CCC/C=C/CC(=O)O. The molecule has 0 aromatic heterocycles. The van der Waals surface area contributed by atoms with Gasteiger partial charge < -0.3 is 5.11 Å². The number of carbonyl (C=O) groups is 1. The normalized spacial score (nSPS) is 9.18. The third-order valence-corrected chi connectivity index (χ3v) is 1.07. The van der Waals surface area contributed by atoms with E-state index in [1.165, 1.54) is 0 Å². The fourth-order valence-corrected chi connectivity index (χ4v) is 0.583. The topological polar surface area (TPSA) is 37.3 Å². The van der Waals surface area contributed by atoms with Gasteiger partial charge in [-0.1, -0.05) is 12.2 Å². The van der Waals surface area contributed by atoms with Crippen molar-refractivity contribution in [3.63, 3.8) is 0 Å². The number of allylic oxidation sites excluding steroid dienone is 1. The van der Waals surface area contributed by atoms with Crippen LogP contribution in [0.1, 0.15) is 26.2 Å². The van der Waals surface area contributed by atoms with E-state index in [9.17, 15) is 4.79 Å². The molecule has 11 heavy (non-hydrogen) atoms. The van der Waals surface area contributed by atoms with Crippen LogP contribution in [0, 0.1) is 11.8 Å². The molecule has 1 N–H and O–H groups in total. The fourth-order valence-electron chi connectivity index (χ4n) is 0.583. The Hall–Kier alpha value is -1.23. The van der Waals surface area contributed by atoms with Crippen LogP contribution in [0.5, 0.6) is 0 Å². The van der Waals surface area contributed by atoms with Crippen LogP contribution in [-0.2, 0) is 4.79 Å². The summed E-state index contributed by atoms with van der Waals surface area (Å²) >= 11 is 0. The van der Waals surface area contributed by atoms with E-state index in [2.05, 4.69) is 11.8 Å². The Balaban J connectivity index is 3.28. The zero-order valence-electron chi connectivity index (χ0n) is 6.63. The van der Waals surface area contributed by atoms with E-state index in [0.29, 0.717) is 0 Å². The molecule has 0 aliphatic rings. The van der Waals surface area contributed by atoms with Crippen LogP contribution in [-0.4, -0.2) is 11.1 Å². The van der Waals surface area contributed by atoms with Crippen LogP contribution >= 0.6 is 0 Å². The molecular formula is C9H12O2. The molecule has 60 valence electrons. The van der Waals surface area contributed by atoms with Crippen molar-refractivity contribution in [3.8, 4) is 11.8 Å². The minimum atomic E-state index is -0.789. The highest BCUT2D eigenvalue weighted by atomic mass is 16.4. The highest BCUT2D eigenvalue weighted by molar-refractivity contribution is 5.68. The van der Waals surface area contributed by atoms with Gasteiger partial charge in [-0.3, -0.25) is 4.79 Å². The average Bonchev–Trinajstić information content (AvgIpc) is 1.96. The Bertz CT molecular complexity index is 193. The van der Waals surface area contributed by atoms with Crippen molar-refractivity contribution in [2.75, 3.05) is 0 Å². The Morgan fingerprint density at radius 2 is 2.27 bits per heavy atom. The lowest BCUT2D eigenvalue weighted by Gasteiger charge is -1.83. The fraction of sp³-hybridized carbons (Fsp3) is 0.444. The molecule has 0 atom stereocenters. The van der Waals surface area contributed by atoms with Crippen molar-refractivity contribution in [2.24, 2.45) is 0 Å². The maximum absolute atomic E-state index is 10.0. The number of carboxylic acids is 1. The summed E-state index contributed by atoms with van der Waals surface area (Å²) in [7, 11) is 0. The van der Waals surface area contributed by atoms with Gasteiger partial charge in [0.25, 0.3) is 0 Å². The summed E-state index contributed by atoms with van der Waals surface area (Å²) < 4.78 is 0. The van der Waals surface area contributed by atoms with Gasteiger partial charge in [0, 0.05) is 6.42 Å². The zero-order chi connectivity index (χ0) is 8.53. The van der Waals surface area contributed by atoms with Gasteiger partial charge in [0.2, 0.25) is 0 Å². The first kappa shape index (κ1) is 9.77. The molecule has 0 aromatic rings. The van der Waals surface area contributed by atoms with Crippen LogP contribution in [0.15, 0.2) is 12.2 Å². The second-order valence-electron chi connectivity index (χ2n) is 2.03. The van der Waals surface area contributed by atoms with Gasteiger partial charge in [0.1, 0.15) is 0 Å². The third kappa shape index (κ3) is 8.77. The molecule has 2 nitrogen and oxygen atoms in total. The minimum Gasteiger partial charge on any atom is -0.481 e. The number of rotatable bonds is 4. The molecule has 0 aromatic carbocycles. The first-order chi connectivity index (χ1) is 5.27. The molecule has 0 radical (unpaired) electrons. The summed E-state index contributed by atoms with van der Waals surface area (Å²) in [6.45, 7) is 1.79. The molecule has 0 bridgehead atoms. The smallest absolute Gasteiger partial charge is 0.307 e. The lowest BCUT2D eigenvalue weighted by Crippen LogP contribution is -1.89. The van der Waals surface area contributed by atoms with Crippen molar-refractivity contribution < 1.29 is 9.90 Å². The Kier molecular flexibility index (Phi) is 6.11. The van der Waals surface area contributed by atoms with E-state index in [1.807, 2.05) is 6.08 Å². The van der Waals surface area contributed by atoms with Gasteiger partial charge in [-0.25, -0.2) is 0 Å². The maximum atomic E-state index is 10.0. The Morgan fingerprint density at radius 3 is 2.82 bits per heavy atom. The summed E-state index contributed by atoms with van der Waals surface area (Å²) in [6, 6.07) is 0. The standard InChI is InChI=1S/C9H12O2/c1-2-3-4-5-6-7-8-9(10)11/h6-7H,4-5,8H2,1H3,(H,10,11)/b7-6+. The lowest BCUT2D eigenvalue weighted by atomic mass is 10.2. The number of aliphatic carboxylic acids is 1. The number of hydrogen-bond acceptors (Lipinski definition) is 1. The van der Waals surface area contributed by atoms with E-state index in [0.717, 1.165) is 12.8 Å². The first-order valence-electron chi connectivity index (χ1n) is 3.53. The molecule has 0 saturated heterocycles. The summed E-state index contributed by atoms with van der Waals surface area (Å²) in [4.78, 5) is 10.0. The summed E-state index contributed by atoms with van der Waals surface area (Å²) in [5.74, 6) is 4.87. The highest BCUT2D eigenvalue weighted by Crippen LogP contribution is 1.90. The number of unbranched alkanes of at least 4 members (excludes halogenated alkanes) is 1. The molecule has 0 rings (SSSR count). The second kappa shape index (κ2) is 6.88. The molecule has 0 fully saturated rings. The van der Waals surface area contributed by atoms with Gasteiger partial charge in [0.15, 0.2) is 0 Å². The molecule has 0 saturated carbocycles. The lowest BCUT2D eigenvalue weighted by molar-refractivity contribution is -0.136. The maximum Gasteiger partial charge on any atom is 0.307 e. The largest absolute Gasteiger partial charge is 0.481 e. The quantitative estimate of drug-likeness (QED) is 0.379. The molecule has 0 aliphatic heterocycles. The summed E-state index contributed by atoms with van der Waals surface area (Å²) in [6.07, 6.45) is 5.26. The molecule has 0 amide bonds.